The molecule has 6 N–H and O–H groups in total. The van der Waals surface area contributed by atoms with Gasteiger partial charge in [-0.2, -0.15) is 18.3 Å². The van der Waals surface area contributed by atoms with E-state index in [4.69, 9.17) is 29.3 Å². The second-order valence-electron chi connectivity index (χ2n) is 15.4. The first-order chi connectivity index (χ1) is 34.5. The van der Waals surface area contributed by atoms with E-state index in [1.807, 2.05) is 30.4 Å². The first-order valence-corrected chi connectivity index (χ1v) is 25.4. The van der Waals surface area contributed by atoms with E-state index in [1.165, 1.54) is 56.6 Å². The Labute approximate surface area is 422 Å². The highest BCUT2D eigenvalue weighted by atomic mass is 32.2. The SMILES string of the molecule is C/C(=N\NC(=O)Nc1cc(F)cc(F)c1)c1ncccc1C(=O)O.CCc1ccc(COc2ccc(-n3c(=O)cc(C(F)(F)F)n(C)c3=O)cc2)c(OC(C)C(=O)OC)c1.C[S+](C)C.O=C(O)CNCP(=O)([O-])O. The minimum absolute atomic E-state index is 0.0758. The van der Waals surface area contributed by atoms with Crippen molar-refractivity contribution in [2.24, 2.45) is 12.1 Å². The number of alkyl halides is 3. The molecular weight excluding hydrogens is 1030 g/mol. The molecule has 0 saturated carbocycles. The summed E-state index contributed by atoms with van der Waals surface area (Å²) in [6.45, 7) is 4.61. The fraction of sp³-hybridized carbons (Fsp3) is 0.304. The van der Waals surface area contributed by atoms with Crippen molar-refractivity contribution in [2.45, 2.75) is 46.1 Å². The zero-order valence-corrected chi connectivity index (χ0v) is 42.6. The summed E-state index contributed by atoms with van der Waals surface area (Å²) in [5.74, 6) is -3.73. The number of hydrogen-bond donors (Lipinski definition) is 6. The average Bonchev–Trinajstić information content (AvgIpc) is 3.30. The van der Waals surface area contributed by atoms with Crippen LogP contribution in [0.25, 0.3) is 5.69 Å². The number of halogens is 5. The quantitative estimate of drug-likeness (QED) is 0.0191. The van der Waals surface area contributed by atoms with Crippen molar-refractivity contribution in [3.05, 3.63) is 146 Å². The summed E-state index contributed by atoms with van der Waals surface area (Å²) >= 11 is 0. The van der Waals surface area contributed by atoms with E-state index < -0.39 is 85.2 Å². The fourth-order valence-electron chi connectivity index (χ4n) is 5.58. The minimum atomic E-state index is -4.84. The number of benzene rings is 3. The predicted molar refractivity (Wildman–Crippen MR) is 262 cm³/mol. The molecule has 2 heterocycles. The highest BCUT2D eigenvalue weighted by Gasteiger charge is 2.35. The topological polar surface area (TPSA) is 302 Å². The molecule has 0 bridgehead atoms. The highest BCUT2D eigenvalue weighted by Crippen LogP contribution is 2.28. The summed E-state index contributed by atoms with van der Waals surface area (Å²) in [7, 11) is -1.49. The molecule has 0 aliphatic rings. The third-order valence-electron chi connectivity index (χ3n) is 8.89. The number of carbonyl (C=O) groups excluding carboxylic acids is 2. The lowest BCUT2D eigenvalue weighted by Crippen LogP contribution is -2.40. The molecule has 2 atom stereocenters. The van der Waals surface area contributed by atoms with Crippen LogP contribution in [0.3, 0.4) is 0 Å². The van der Waals surface area contributed by atoms with Crippen LogP contribution in [0.15, 0.2) is 99.8 Å². The second kappa shape index (κ2) is 29.3. The van der Waals surface area contributed by atoms with E-state index in [0.29, 0.717) is 49.2 Å². The first-order valence-electron chi connectivity index (χ1n) is 21.2. The van der Waals surface area contributed by atoms with Crippen LogP contribution in [0.1, 0.15) is 53.6 Å². The number of pyridine rings is 1. The van der Waals surface area contributed by atoms with Gasteiger partial charge in [0.15, 0.2) is 6.10 Å². The molecule has 0 aliphatic carbocycles. The number of aromatic carboxylic acids is 1. The van der Waals surface area contributed by atoms with Gasteiger partial charge in [0.2, 0.25) is 0 Å². The van der Waals surface area contributed by atoms with Gasteiger partial charge in [-0.15, -0.1) is 0 Å². The number of ether oxygens (including phenoxy) is 3. The smallest absolute Gasteiger partial charge is 0.431 e. The van der Waals surface area contributed by atoms with Crippen LogP contribution in [-0.2, 0) is 56.0 Å². The fourth-order valence-corrected chi connectivity index (χ4v) is 5.98. The number of carboxylic acids is 2. The van der Waals surface area contributed by atoms with Crippen LogP contribution in [0.2, 0.25) is 0 Å². The maximum absolute atomic E-state index is 13.1. The Kier molecular flexibility index (Phi) is 24.8. The molecule has 0 fully saturated rings. The second-order valence-corrected chi connectivity index (χ2v) is 19.4. The van der Waals surface area contributed by atoms with Crippen LogP contribution < -0.4 is 41.7 Å². The zero-order chi connectivity index (χ0) is 56.1. The third kappa shape index (κ3) is 21.7. The lowest BCUT2D eigenvalue weighted by Gasteiger charge is -2.17. The third-order valence-corrected chi connectivity index (χ3v) is 9.51. The van der Waals surface area contributed by atoms with Gasteiger partial charge in [0.05, 0.1) is 55.7 Å². The van der Waals surface area contributed by atoms with Crippen LogP contribution in [0.5, 0.6) is 11.5 Å². The Hall–Kier alpha value is -7.45. The molecule has 21 nitrogen and oxygen atoms in total. The van der Waals surface area contributed by atoms with Gasteiger partial charge >= 0.3 is 35.8 Å². The Morgan fingerprint density at radius 1 is 0.959 bits per heavy atom. The summed E-state index contributed by atoms with van der Waals surface area (Å²) in [6, 6.07) is 16.1. The van der Waals surface area contributed by atoms with Crippen molar-refractivity contribution >= 4 is 53.8 Å². The van der Waals surface area contributed by atoms with Gasteiger partial charge in [0, 0.05) is 36.6 Å². The lowest BCUT2D eigenvalue weighted by molar-refractivity contribution is -0.193. The molecule has 402 valence electrons. The van der Waals surface area contributed by atoms with Crippen LogP contribution >= 0.6 is 7.60 Å². The summed E-state index contributed by atoms with van der Waals surface area (Å²) in [4.78, 5) is 90.9. The van der Waals surface area contributed by atoms with E-state index in [9.17, 15) is 60.2 Å². The molecule has 2 amide bonds. The van der Waals surface area contributed by atoms with Crippen molar-refractivity contribution in [2.75, 3.05) is 44.0 Å². The maximum atomic E-state index is 13.1. The van der Waals surface area contributed by atoms with Crippen molar-refractivity contribution in [3.63, 3.8) is 0 Å². The maximum Gasteiger partial charge on any atom is 0.431 e. The minimum Gasteiger partial charge on any atom is -0.778 e. The van der Waals surface area contributed by atoms with Gasteiger partial charge in [-0.05, 0) is 91.3 Å². The lowest BCUT2D eigenvalue weighted by atomic mass is 10.1. The Morgan fingerprint density at radius 2 is 1.57 bits per heavy atom. The summed E-state index contributed by atoms with van der Waals surface area (Å²) < 4.78 is 92.5. The predicted octanol–water partition coefficient (Wildman–Crippen LogP) is 4.90. The first kappa shape index (κ1) is 62.7. The molecule has 3 aromatic carbocycles. The number of carbonyl (C=O) groups is 4. The number of rotatable bonds is 16. The molecule has 0 saturated heterocycles. The number of carboxylic acid groups (broad SMARTS) is 2. The summed E-state index contributed by atoms with van der Waals surface area (Å²) in [5, 5.41) is 25.0. The molecule has 5 aromatic rings. The number of hydrazone groups is 1. The number of esters is 1. The number of nitrogens with zero attached hydrogens (tertiary/aromatic N) is 4. The van der Waals surface area contributed by atoms with Crippen molar-refractivity contribution in [1.82, 2.24) is 24.9 Å². The Morgan fingerprint density at radius 3 is 2.09 bits per heavy atom. The van der Waals surface area contributed by atoms with E-state index in [2.05, 4.69) is 39.6 Å². The number of aliphatic carboxylic acids is 1. The van der Waals surface area contributed by atoms with Crippen LogP contribution in [-0.4, -0.2) is 104 Å². The van der Waals surface area contributed by atoms with E-state index in [-0.39, 0.29) is 35.0 Å². The van der Waals surface area contributed by atoms with Gasteiger partial charge in [0.25, 0.3) is 5.56 Å². The van der Waals surface area contributed by atoms with Gasteiger partial charge in [-0.3, -0.25) is 24.5 Å². The Balaban J connectivity index is 0.000000421. The number of nitrogens with one attached hydrogen (secondary N) is 3. The highest BCUT2D eigenvalue weighted by molar-refractivity contribution is 7.94. The van der Waals surface area contributed by atoms with E-state index in [0.717, 1.165) is 31.2 Å². The van der Waals surface area contributed by atoms with Crippen LogP contribution in [0.4, 0.5) is 32.4 Å². The average molecular weight is 1090 g/mol. The summed E-state index contributed by atoms with van der Waals surface area (Å²) in [5.41, 5.74) is 0.353. The normalized spacial score (nSPS) is 12.2. The van der Waals surface area contributed by atoms with E-state index >= 15 is 0 Å². The van der Waals surface area contributed by atoms with Crippen molar-refractivity contribution in [3.8, 4) is 17.2 Å². The molecule has 28 heteroatoms. The molecule has 2 aromatic heterocycles. The molecule has 2 unspecified atom stereocenters. The van der Waals surface area contributed by atoms with Crippen LogP contribution in [0, 0.1) is 11.6 Å². The molecule has 0 spiro atoms. The van der Waals surface area contributed by atoms with E-state index in [1.54, 1.807) is 6.92 Å². The zero-order valence-electron chi connectivity index (χ0n) is 40.9. The molecule has 74 heavy (non-hydrogen) atoms. The number of urea groups is 1. The largest absolute Gasteiger partial charge is 0.778 e. The number of aromatic nitrogens is 3. The van der Waals surface area contributed by atoms with Crippen molar-refractivity contribution in [1.29, 1.82) is 0 Å². The molecule has 0 aliphatic heterocycles. The standard InChI is InChI=1S/C25H25F3N2O6.C15H12F2N4O3.C3H8NO5P.C3H9S/c1-5-16-6-7-17(20(12-16)36-15(2)23(32)34-4)14-35-19-10-8-18(9-11-19)30-22(31)13-21(25(26,27)28)29(3)24(30)33;1-8(13-12(14(22)23)3-2-4-18-13)20-21-15(24)19-11-6-9(16)5-10(17)7-11;5-3(6)1-4-2-10(7,8)9;1-4(2)3/h6-13,15H,5,14H2,1-4H3;2-7H,1H3,(H,22,23)(H2,19,21,24);4H,1-2H2,(H,5,6)(H2,7,8,9);1-3H3/q;;;+1/p-1/b;20-8+;;. The molecular formula is C46H53F5N7O14PS. The number of aryl methyl sites for hydroxylation is 1. The Bertz CT molecular complexity index is 2910. The van der Waals surface area contributed by atoms with Gasteiger partial charge in [-0.1, -0.05) is 19.1 Å². The monoisotopic (exact) mass is 1090 g/mol. The van der Waals surface area contributed by atoms with Gasteiger partial charge < -0.3 is 44.1 Å². The number of hydrogen-bond acceptors (Lipinski definition) is 14. The molecule has 5 rings (SSSR count). The molecule has 0 radical (unpaired) electrons. The van der Waals surface area contributed by atoms with Gasteiger partial charge in [-0.25, -0.2) is 38.0 Å². The summed E-state index contributed by atoms with van der Waals surface area (Å²) in [6.07, 6.45) is 2.35. The number of amides is 2. The van der Waals surface area contributed by atoms with Crippen molar-refractivity contribution < 1.29 is 79.9 Å². The number of methoxy groups -OCH3 is 1. The number of anilines is 1. The van der Waals surface area contributed by atoms with Gasteiger partial charge in [0.1, 0.15) is 48.7 Å².